The maximum atomic E-state index is 16.6. The zero-order chi connectivity index (χ0) is 36.1. The Balaban J connectivity index is 1.20. The van der Waals surface area contributed by atoms with E-state index in [1.165, 1.54) is 6.07 Å². The fourth-order valence-electron chi connectivity index (χ4n) is 7.99. The van der Waals surface area contributed by atoms with Crippen LogP contribution in [0.15, 0.2) is 144 Å². The number of pyridine rings is 1. The van der Waals surface area contributed by atoms with Gasteiger partial charge in [0.2, 0.25) is 11.7 Å². The van der Waals surface area contributed by atoms with E-state index in [1.807, 2.05) is 94.3 Å². The number of benzene rings is 4. The molecule has 0 atom stereocenters. The molecule has 0 N–H and O–H groups in total. The van der Waals surface area contributed by atoms with Crippen LogP contribution in [0.2, 0.25) is 0 Å². The van der Waals surface area contributed by atoms with Crippen molar-refractivity contribution >= 4 is 5.65 Å². The van der Waals surface area contributed by atoms with Crippen LogP contribution >= 0.6 is 0 Å². The summed E-state index contributed by atoms with van der Waals surface area (Å²) in [6, 6.07) is 40.2. The van der Waals surface area contributed by atoms with Gasteiger partial charge in [0.15, 0.2) is 0 Å². The van der Waals surface area contributed by atoms with Gasteiger partial charge in [-0.1, -0.05) is 96.2 Å². The summed E-state index contributed by atoms with van der Waals surface area (Å²) in [5.74, 6) is 1.61. The van der Waals surface area contributed by atoms with E-state index in [1.54, 1.807) is 12.3 Å². The number of hydrogen-bond donors (Lipinski definition) is 0. The van der Waals surface area contributed by atoms with Crippen molar-refractivity contribution in [3.8, 4) is 39.7 Å². The van der Waals surface area contributed by atoms with Crippen LogP contribution in [0.25, 0.3) is 39.5 Å². The lowest BCUT2D eigenvalue weighted by Crippen LogP contribution is -2.38. The quantitative estimate of drug-likeness (QED) is 0.131. The Kier molecular flexibility index (Phi) is 7.93. The molecule has 0 unspecified atom stereocenters. The summed E-state index contributed by atoms with van der Waals surface area (Å²) in [6.07, 6.45) is 12.3. The molecule has 54 heavy (non-hydrogen) atoms. The van der Waals surface area contributed by atoms with Crippen LogP contribution in [0.3, 0.4) is 0 Å². The van der Waals surface area contributed by atoms with Crippen LogP contribution in [-0.2, 0) is 5.54 Å². The fraction of sp³-hybridized carbons (Fsp3) is 0.200. The Morgan fingerprint density at radius 1 is 0.722 bits per heavy atom. The second-order valence-corrected chi connectivity index (χ2v) is 14.3. The first-order valence-corrected chi connectivity index (χ1v) is 18.7. The third-order valence-corrected chi connectivity index (χ3v) is 10.8. The molecule has 8 nitrogen and oxygen atoms in total. The number of aromatic nitrogens is 6. The van der Waals surface area contributed by atoms with Crippen molar-refractivity contribution in [1.82, 2.24) is 29.3 Å². The van der Waals surface area contributed by atoms with E-state index in [0.717, 1.165) is 72.0 Å². The topological polar surface area (TPSA) is 83.3 Å². The zero-order valence-corrected chi connectivity index (χ0v) is 29.6. The lowest BCUT2D eigenvalue weighted by atomic mass is 9.77. The smallest absolute Gasteiger partial charge is 0.230 e. The molecule has 0 spiro atoms. The molecular formula is C45H37FN6O2. The van der Waals surface area contributed by atoms with Gasteiger partial charge >= 0.3 is 0 Å². The molecule has 9 heteroatoms. The van der Waals surface area contributed by atoms with Gasteiger partial charge in [0.05, 0.1) is 12.3 Å². The van der Waals surface area contributed by atoms with Crippen molar-refractivity contribution in [2.45, 2.75) is 56.1 Å². The van der Waals surface area contributed by atoms with Gasteiger partial charge in [0.1, 0.15) is 34.1 Å². The lowest BCUT2D eigenvalue weighted by Gasteiger charge is -2.36. The van der Waals surface area contributed by atoms with Gasteiger partial charge in [-0.25, -0.2) is 9.37 Å². The van der Waals surface area contributed by atoms with E-state index in [4.69, 9.17) is 19.3 Å². The standard InChI is InChI=1S/C45H37FN6O2/c46-39-26-36(53-35-18-10-11-19-35)23-24-37(39)42-38(31-22-25-41-47-27-40(51(41)28-31)43-48-44(54-50-43)30-20-21-30)29-52(49-42)45(32-12-4-1-5-13-32,33-14-6-2-7-15-33)34-16-8-3-9-17-34/h1-9,12-17,22-30,35H,10-11,18-21H2. The molecule has 10 rings (SSSR count). The first-order valence-electron chi connectivity index (χ1n) is 18.7. The molecule has 4 aromatic heterocycles. The average Bonchev–Trinajstić information content (AvgIpc) is 3.60. The van der Waals surface area contributed by atoms with Gasteiger partial charge in [0, 0.05) is 41.1 Å². The highest BCUT2D eigenvalue weighted by Crippen LogP contribution is 2.44. The third-order valence-electron chi connectivity index (χ3n) is 10.8. The van der Waals surface area contributed by atoms with E-state index in [-0.39, 0.29) is 6.10 Å². The van der Waals surface area contributed by atoms with Crippen molar-refractivity contribution in [1.29, 1.82) is 0 Å². The monoisotopic (exact) mass is 712 g/mol. The Labute approximate surface area is 311 Å². The Morgan fingerprint density at radius 2 is 1.39 bits per heavy atom. The normalized spacial score (nSPS) is 14.9. The van der Waals surface area contributed by atoms with Crippen LogP contribution in [-0.4, -0.2) is 35.4 Å². The van der Waals surface area contributed by atoms with E-state index in [0.29, 0.717) is 40.3 Å². The maximum Gasteiger partial charge on any atom is 0.230 e. The van der Waals surface area contributed by atoms with E-state index in [2.05, 4.69) is 46.5 Å². The van der Waals surface area contributed by atoms with Gasteiger partial charge in [-0.2, -0.15) is 10.1 Å². The predicted octanol–water partition coefficient (Wildman–Crippen LogP) is 10.1. The minimum absolute atomic E-state index is 0.115. The highest BCUT2D eigenvalue weighted by atomic mass is 19.1. The molecule has 0 aliphatic heterocycles. The Hall–Kier alpha value is -6.35. The molecule has 0 bridgehead atoms. The largest absolute Gasteiger partial charge is 0.490 e. The van der Waals surface area contributed by atoms with Crippen LogP contribution < -0.4 is 4.74 Å². The molecule has 0 radical (unpaired) electrons. The van der Waals surface area contributed by atoms with E-state index < -0.39 is 11.4 Å². The van der Waals surface area contributed by atoms with Crippen LogP contribution in [0.4, 0.5) is 4.39 Å². The van der Waals surface area contributed by atoms with E-state index >= 15 is 4.39 Å². The highest BCUT2D eigenvalue weighted by Gasteiger charge is 2.40. The number of imidazole rings is 1. The first kappa shape index (κ1) is 32.3. The predicted molar refractivity (Wildman–Crippen MR) is 205 cm³/mol. The number of ether oxygens (including phenoxy) is 1. The minimum Gasteiger partial charge on any atom is -0.490 e. The van der Waals surface area contributed by atoms with Gasteiger partial charge < -0.3 is 9.26 Å². The lowest BCUT2D eigenvalue weighted by molar-refractivity contribution is 0.209. The van der Waals surface area contributed by atoms with Gasteiger partial charge in [0.25, 0.3) is 0 Å². The first-order chi connectivity index (χ1) is 26.6. The summed E-state index contributed by atoms with van der Waals surface area (Å²) in [5.41, 5.74) is 6.02. The Morgan fingerprint density at radius 3 is 2.02 bits per heavy atom. The van der Waals surface area contributed by atoms with E-state index in [9.17, 15) is 0 Å². The molecule has 266 valence electrons. The molecule has 2 fully saturated rings. The molecule has 0 saturated heterocycles. The second-order valence-electron chi connectivity index (χ2n) is 14.3. The van der Waals surface area contributed by atoms with Crippen LogP contribution in [0.1, 0.15) is 67.0 Å². The summed E-state index contributed by atoms with van der Waals surface area (Å²) in [5, 5.41) is 9.71. The fourth-order valence-corrected chi connectivity index (χ4v) is 7.99. The molecule has 2 aliphatic rings. The molecular weight excluding hydrogens is 676 g/mol. The Bertz CT molecular complexity index is 2470. The molecule has 8 aromatic rings. The van der Waals surface area contributed by atoms with Crippen molar-refractivity contribution < 1.29 is 13.7 Å². The molecule has 2 saturated carbocycles. The van der Waals surface area contributed by atoms with Crippen LogP contribution in [0.5, 0.6) is 5.75 Å². The van der Waals surface area contributed by atoms with Crippen molar-refractivity contribution in [2.24, 2.45) is 0 Å². The summed E-state index contributed by atoms with van der Waals surface area (Å²) >= 11 is 0. The molecule has 2 aliphatic carbocycles. The summed E-state index contributed by atoms with van der Waals surface area (Å²) in [4.78, 5) is 9.37. The third kappa shape index (κ3) is 5.59. The number of nitrogens with zero attached hydrogens (tertiary/aromatic N) is 6. The second kappa shape index (κ2) is 13.3. The summed E-state index contributed by atoms with van der Waals surface area (Å²) in [6.45, 7) is 0. The molecule has 0 amide bonds. The van der Waals surface area contributed by atoms with Crippen LogP contribution in [0, 0.1) is 5.82 Å². The SMILES string of the molecule is Fc1cc(OC2CCCC2)ccc1-c1nn(C(c2ccccc2)(c2ccccc2)c2ccccc2)cc1-c1ccc2ncc(-c3noc(C4CC4)n3)n2c1. The number of hydrogen-bond acceptors (Lipinski definition) is 6. The molecule has 4 heterocycles. The van der Waals surface area contributed by atoms with Crippen molar-refractivity contribution in [2.75, 3.05) is 0 Å². The molecule has 4 aromatic carbocycles. The number of rotatable bonds is 10. The maximum absolute atomic E-state index is 16.6. The van der Waals surface area contributed by atoms with Gasteiger partial charge in [-0.05, 0) is 79.5 Å². The minimum atomic E-state index is -0.910. The number of fused-ring (bicyclic) bond motifs is 1. The summed E-state index contributed by atoms with van der Waals surface area (Å²) < 4.78 is 32.4. The van der Waals surface area contributed by atoms with Crippen molar-refractivity contribution in [3.05, 3.63) is 168 Å². The summed E-state index contributed by atoms with van der Waals surface area (Å²) in [7, 11) is 0. The highest BCUT2D eigenvalue weighted by molar-refractivity contribution is 5.82. The van der Waals surface area contributed by atoms with Gasteiger partial charge in [-0.3, -0.25) is 9.08 Å². The average molecular weight is 713 g/mol. The van der Waals surface area contributed by atoms with Crippen molar-refractivity contribution in [3.63, 3.8) is 0 Å². The van der Waals surface area contributed by atoms with Gasteiger partial charge in [-0.15, -0.1) is 0 Å². The zero-order valence-electron chi connectivity index (χ0n) is 29.6. The number of halogens is 1.